The first-order valence-electron chi connectivity index (χ1n) is 18.3. The second kappa shape index (κ2) is 12.7. The minimum absolute atomic E-state index is 0.0933. The molecule has 0 unspecified atom stereocenters. The molecule has 6 aromatic rings. The summed E-state index contributed by atoms with van der Waals surface area (Å²) >= 11 is 0. The molecule has 0 aliphatic carbocycles. The van der Waals surface area contributed by atoms with Crippen molar-refractivity contribution in [3.05, 3.63) is 144 Å². The molecule has 0 saturated heterocycles. The third-order valence-electron chi connectivity index (χ3n) is 10.4. The average Bonchev–Trinajstić information content (AvgIpc) is 3.06. The average molecular weight is 657 g/mol. The van der Waals surface area contributed by atoms with Crippen molar-refractivity contribution in [3.8, 4) is 44.5 Å². The van der Waals surface area contributed by atoms with Crippen LogP contribution in [-0.2, 0) is 21.7 Å². The van der Waals surface area contributed by atoms with Gasteiger partial charge in [-0.05, 0) is 123 Å². The summed E-state index contributed by atoms with van der Waals surface area (Å²) < 4.78 is 0. The third kappa shape index (κ3) is 7.36. The normalized spacial score (nSPS) is 12.8. The van der Waals surface area contributed by atoms with Crippen LogP contribution in [0.25, 0.3) is 55.3 Å². The van der Waals surface area contributed by atoms with Crippen LogP contribution in [0.5, 0.6) is 0 Å². The molecule has 6 rings (SSSR count). The molecule has 0 atom stereocenters. The van der Waals surface area contributed by atoms with Gasteiger partial charge >= 0.3 is 0 Å². The SMILES string of the molecule is CC(C)(C)c1ccc(-c2cc(-c3ccc(C(C)(C)C)cc3)c3cc(-c4ccc(C(C)(C)C)cc4)cc(-c4ccc(C(C)(C)C)cc4)c3c2)cc1. The Hall–Kier alpha value is -4.42. The van der Waals surface area contributed by atoms with Crippen molar-refractivity contribution in [1.82, 2.24) is 0 Å². The van der Waals surface area contributed by atoms with Crippen molar-refractivity contribution >= 4 is 10.8 Å². The summed E-state index contributed by atoms with van der Waals surface area (Å²) in [6, 6.07) is 46.6. The van der Waals surface area contributed by atoms with E-state index in [9.17, 15) is 0 Å². The summed E-state index contributed by atoms with van der Waals surface area (Å²) in [5, 5.41) is 2.55. The molecular formula is C50H56. The Balaban J connectivity index is 1.65. The van der Waals surface area contributed by atoms with Gasteiger partial charge in [-0.3, -0.25) is 0 Å². The fourth-order valence-electron chi connectivity index (χ4n) is 6.90. The second-order valence-corrected chi connectivity index (χ2v) is 18.5. The van der Waals surface area contributed by atoms with E-state index in [4.69, 9.17) is 0 Å². The van der Waals surface area contributed by atoms with E-state index < -0.39 is 0 Å². The first-order chi connectivity index (χ1) is 23.3. The van der Waals surface area contributed by atoms with Crippen LogP contribution >= 0.6 is 0 Å². The molecule has 0 spiro atoms. The van der Waals surface area contributed by atoms with Crippen LogP contribution in [0.1, 0.15) is 105 Å². The number of rotatable bonds is 4. The fourth-order valence-corrected chi connectivity index (χ4v) is 6.90. The zero-order valence-corrected chi connectivity index (χ0v) is 32.5. The van der Waals surface area contributed by atoms with E-state index in [1.54, 1.807) is 0 Å². The Morgan fingerprint density at radius 2 is 0.460 bits per heavy atom. The van der Waals surface area contributed by atoms with Crippen molar-refractivity contribution in [2.75, 3.05) is 0 Å². The van der Waals surface area contributed by atoms with E-state index in [1.807, 2.05) is 0 Å². The number of hydrogen-bond donors (Lipinski definition) is 0. The number of hydrogen-bond acceptors (Lipinski definition) is 0. The minimum Gasteiger partial charge on any atom is -0.0579 e. The third-order valence-corrected chi connectivity index (χ3v) is 10.4. The van der Waals surface area contributed by atoms with Gasteiger partial charge < -0.3 is 0 Å². The molecule has 0 heterocycles. The van der Waals surface area contributed by atoms with Crippen molar-refractivity contribution in [2.24, 2.45) is 0 Å². The molecule has 0 aliphatic heterocycles. The van der Waals surface area contributed by atoms with Gasteiger partial charge in [-0.1, -0.05) is 180 Å². The summed E-state index contributed by atoms with van der Waals surface area (Å²) in [7, 11) is 0. The van der Waals surface area contributed by atoms with Crippen molar-refractivity contribution < 1.29 is 0 Å². The number of fused-ring (bicyclic) bond motifs is 1. The molecule has 0 aromatic heterocycles. The Morgan fingerprint density at radius 1 is 0.240 bits per heavy atom. The molecule has 0 saturated carbocycles. The van der Waals surface area contributed by atoms with Gasteiger partial charge in [-0.2, -0.15) is 0 Å². The molecule has 50 heavy (non-hydrogen) atoms. The zero-order chi connectivity index (χ0) is 36.2. The Kier molecular flexibility index (Phi) is 9.01. The van der Waals surface area contributed by atoms with Gasteiger partial charge in [-0.25, -0.2) is 0 Å². The van der Waals surface area contributed by atoms with Crippen LogP contribution in [0.15, 0.2) is 121 Å². The maximum absolute atomic E-state index is 2.42. The van der Waals surface area contributed by atoms with E-state index in [1.165, 1.54) is 77.5 Å². The highest BCUT2D eigenvalue weighted by Crippen LogP contribution is 2.43. The van der Waals surface area contributed by atoms with Crippen LogP contribution in [0.3, 0.4) is 0 Å². The summed E-state index contributed by atoms with van der Waals surface area (Å²) in [4.78, 5) is 0. The highest BCUT2D eigenvalue weighted by molar-refractivity contribution is 6.09. The monoisotopic (exact) mass is 656 g/mol. The topological polar surface area (TPSA) is 0 Å². The Bertz CT molecular complexity index is 1950. The first kappa shape index (κ1) is 35.4. The van der Waals surface area contributed by atoms with Gasteiger partial charge in [0.25, 0.3) is 0 Å². The molecule has 0 aliphatic rings. The van der Waals surface area contributed by atoms with Crippen molar-refractivity contribution in [1.29, 1.82) is 0 Å². The van der Waals surface area contributed by atoms with Gasteiger partial charge in [0.1, 0.15) is 0 Å². The molecule has 0 fully saturated rings. The van der Waals surface area contributed by atoms with Gasteiger partial charge in [0.2, 0.25) is 0 Å². The maximum Gasteiger partial charge on any atom is -0.00926 e. The lowest BCUT2D eigenvalue weighted by Crippen LogP contribution is -2.10. The highest BCUT2D eigenvalue weighted by Gasteiger charge is 2.20. The van der Waals surface area contributed by atoms with Crippen molar-refractivity contribution in [3.63, 3.8) is 0 Å². The molecular weight excluding hydrogens is 601 g/mol. The van der Waals surface area contributed by atoms with Crippen molar-refractivity contribution in [2.45, 2.75) is 105 Å². The van der Waals surface area contributed by atoms with Gasteiger partial charge in [0, 0.05) is 0 Å². The minimum atomic E-state index is 0.0933. The molecule has 0 nitrogen and oxygen atoms in total. The predicted molar refractivity (Wildman–Crippen MR) is 220 cm³/mol. The van der Waals surface area contributed by atoms with Crippen LogP contribution < -0.4 is 0 Å². The molecule has 6 aromatic carbocycles. The highest BCUT2D eigenvalue weighted by atomic mass is 14.2. The lowest BCUT2D eigenvalue weighted by molar-refractivity contribution is 0.590. The van der Waals surface area contributed by atoms with Crippen LogP contribution in [0.4, 0.5) is 0 Å². The summed E-state index contributed by atoms with van der Waals surface area (Å²) in [5.74, 6) is 0. The summed E-state index contributed by atoms with van der Waals surface area (Å²) in [5.41, 5.74) is 15.8. The zero-order valence-electron chi connectivity index (χ0n) is 32.5. The van der Waals surface area contributed by atoms with E-state index in [-0.39, 0.29) is 21.7 Å². The molecule has 0 heteroatoms. The lowest BCUT2D eigenvalue weighted by atomic mass is 9.82. The van der Waals surface area contributed by atoms with E-state index in [0.29, 0.717) is 0 Å². The van der Waals surface area contributed by atoms with Gasteiger partial charge in [0.15, 0.2) is 0 Å². The Labute approximate surface area is 302 Å². The second-order valence-electron chi connectivity index (χ2n) is 18.5. The molecule has 256 valence electrons. The summed E-state index contributed by atoms with van der Waals surface area (Å²) in [6.45, 7) is 27.4. The van der Waals surface area contributed by atoms with Gasteiger partial charge in [-0.15, -0.1) is 0 Å². The predicted octanol–water partition coefficient (Wildman–Crippen LogP) is 14.7. The van der Waals surface area contributed by atoms with Crippen LogP contribution in [-0.4, -0.2) is 0 Å². The molecule has 0 amide bonds. The van der Waals surface area contributed by atoms with E-state index in [2.05, 4.69) is 204 Å². The van der Waals surface area contributed by atoms with E-state index >= 15 is 0 Å². The molecule has 0 N–H and O–H groups in total. The quantitative estimate of drug-likeness (QED) is 0.177. The van der Waals surface area contributed by atoms with Crippen LogP contribution in [0.2, 0.25) is 0 Å². The summed E-state index contributed by atoms with van der Waals surface area (Å²) in [6.07, 6.45) is 0. The Morgan fingerprint density at radius 3 is 0.680 bits per heavy atom. The molecule has 0 radical (unpaired) electrons. The maximum atomic E-state index is 2.42. The largest absolute Gasteiger partial charge is 0.0579 e. The standard InChI is InChI=1S/C50H56/c1-47(2,3)39-21-13-33(14-22-39)37-29-43(35-17-25-41(26-18-35)49(7,8)9)46-32-38(34-15-23-40(24-16-34)48(4,5)6)30-44(45(46)31-37)36-19-27-42(28-20-36)50(10,11)12/h13-32H,1-12H3. The van der Waals surface area contributed by atoms with Gasteiger partial charge in [0.05, 0.1) is 0 Å². The van der Waals surface area contributed by atoms with Crippen LogP contribution in [0, 0.1) is 0 Å². The number of benzene rings is 6. The lowest BCUT2D eigenvalue weighted by Gasteiger charge is -2.22. The molecule has 0 bridgehead atoms. The smallest absolute Gasteiger partial charge is 0.00926 e. The first-order valence-corrected chi connectivity index (χ1v) is 18.3. The van der Waals surface area contributed by atoms with E-state index in [0.717, 1.165) is 0 Å². The fraction of sp³-hybridized carbons (Fsp3) is 0.320.